The van der Waals surface area contributed by atoms with Crippen molar-refractivity contribution in [2.45, 2.75) is 58.8 Å². The van der Waals surface area contributed by atoms with Gasteiger partial charge in [0.25, 0.3) is 5.56 Å². The molecule has 0 saturated heterocycles. The molecule has 0 spiro atoms. The maximum Gasteiger partial charge on any atom is 0.488 e. The summed E-state index contributed by atoms with van der Waals surface area (Å²) in [5.74, 6) is 1.43. The van der Waals surface area contributed by atoms with E-state index in [4.69, 9.17) is 14.5 Å². The Morgan fingerprint density at radius 1 is 1.13 bits per heavy atom. The SMILES string of the molecule is C=C1OCc2c(cc3n(c2=O)Cc2c-3nc3ccc(OCc4ccc(B(O)O)cc4)cc3c2CC)[C@@]1(C)CC. The van der Waals surface area contributed by atoms with Crippen LogP contribution in [0, 0.1) is 0 Å². The third-order valence-electron chi connectivity index (χ3n) is 8.48. The molecule has 7 nitrogen and oxygen atoms in total. The van der Waals surface area contributed by atoms with Crippen molar-refractivity contribution >= 4 is 23.5 Å². The van der Waals surface area contributed by atoms with Gasteiger partial charge in [-0.1, -0.05) is 44.7 Å². The van der Waals surface area contributed by atoms with Gasteiger partial charge in [0.2, 0.25) is 0 Å². The molecule has 0 saturated carbocycles. The number of nitrogens with zero attached hydrogens (tertiary/aromatic N) is 2. The zero-order valence-corrected chi connectivity index (χ0v) is 22.5. The normalized spacial score (nSPS) is 17.4. The minimum absolute atomic E-state index is 0.0115. The highest BCUT2D eigenvalue weighted by Crippen LogP contribution is 2.44. The number of hydrogen-bond donors (Lipinski definition) is 2. The van der Waals surface area contributed by atoms with Crippen LogP contribution in [0.25, 0.3) is 22.3 Å². The fourth-order valence-electron chi connectivity index (χ4n) is 5.86. The van der Waals surface area contributed by atoms with Crippen molar-refractivity contribution in [1.82, 2.24) is 9.55 Å². The topological polar surface area (TPSA) is 93.8 Å². The first-order valence-corrected chi connectivity index (χ1v) is 13.4. The van der Waals surface area contributed by atoms with Crippen LogP contribution in [0.4, 0.5) is 0 Å². The van der Waals surface area contributed by atoms with E-state index in [1.54, 1.807) is 12.1 Å². The molecule has 0 radical (unpaired) electrons. The largest absolute Gasteiger partial charge is 0.493 e. The molecule has 0 fully saturated rings. The number of allylic oxidation sites excluding steroid dienone is 1. The van der Waals surface area contributed by atoms with Crippen molar-refractivity contribution < 1.29 is 19.5 Å². The van der Waals surface area contributed by atoms with Crippen LogP contribution in [0.3, 0.4) is 0 Å². The molecule has 39 heavy (non-hydrogen) atoms. The Kier molecular flexibility index (Phi) is 6.12. The van der Waals surface area contributed by atoms with Crippen LogP contribution in [-0.2, 0) is 36.3 Å². The molecule has 1 atom stereocenters. The molecule has 4 aromatic rings. The predicted octanol–water partition coefficient (Wildman–Crippen LogP) is 3.96. The summed E-state index contributed by atoms with van der Waals surface area (Å²) in [5, 5.41) is 19.6. The molecule has 2 aliphatic rings. The van der Waals surface area contributed by atoms with Gasteiger partial charge < -0.3 is 24.1 Å². The summed E-state index contributed by atoms with van der Waals surface area (Å²) >= 11 is 0. The van der Waals surface area contributed by atoms with Gasteiger partial charge in [-0.3, -0.25) is 4.79 Å². The summed E-state index contributed by atoms with van der Waals surface area (Å²) in [5.41, 5.74) is 7.48. The Morgan fingerprint density at radius 2 is 1.90 bits per heavy atom. The molecule has 0 unspecified atom stereocenters. The third kappa shape index (κ3) is 3.98. The standard InChI is InChI=1S/C31H31BN2O5/c1-5-22-23-13-21(39-16-19-7-9-20(10-8-19)32(36)37)11-12-27(23)33-29-24(22)15-34-28(29)14-26-25(30(34)35)17-38-18(3)31(26,4)6-2/h7-14,36-37H,3,5-6,15-17H2,1-2,4H3/t31-/m0/s1. The van der Waals surface area contributed by atoms with Crippen molar-refractivity contribution in [3.05, 3.63) is 99.0 Å². The van der Waals surface area contributed by atoms with Gasteiger partial charge in [0, 0.05) is 16.4 Å². The fourth-order valence-corrected chi connectivity index (χ4v) is 5.86. The van der Waals surface area contributed by atoms with Crippen LogP contribution in [0.2, 0.25) is 0 Å². The number of pyridine rings is 2. The van der Waals surface area contributed by atoms with Crippen LogP contribution in [-0.4, -0.2) is 26.7 Å². The van der Waals surface area contributed by atoms with E-state index in [-0.39, 0.29) is 12.2 Å². The summed E-state index contributed by atoms with van der Waals surface area (Å²) < 4.78 is 13.8. The van der Waals surface area contributed by atoms with E-state index in [0.717, 1.165) is 57.6 Å². The van der Waals surface area contributed by atoms with Gasteiger partial charge >= 0.3 is 7.12 Å². The van der Waals surface area contributed by atoms with Crippen molar-refractivity contribution in [1.29, 1.82) is 0 Å². The van der Waals surface area contributed by atoms with Gasteiger partial charge in [0.05, 0.1) is 34.8 Å². The lowest BCUT2D eigenvalue weighted by Crippen LogP contribution is -2.37. The van der Waals surface area contributed by atoms with Gasteiger partial charge in [-0.25, -0.2) is 4.98 Å². The second-order valence-electron chi connectivity index (χ2n) is 10.6. The lowest BCUT2D eigenvalue weighted by atomic mass is 9.75. The van der Waals surface area contributed by atoms with Gasteiger partial charge in [-0.15, -0.1) is 0 Å². The maximum absolute atomic E-state index is 13.7. The summed E-state index contributed by atoms with van der Waals surface area (Å²) in [6, 6.07) is 15.0. The minimum Gasteiger partial charge on any atom is -0.493 e. The van der Waals surface area contributed by atoms with Gasteiger partial charge in [-0.2, -0.15) is 0 Å². The lowest BCUT2D eigenvalue weighted by molar-refractivity contribution is 0.132. The molecule has 198 valence electrons. The van der Waals surface area contributed by atoms with Crippen LogP contribution in [0.15, 0.2) is 65.7 Å². The van der Waals surface area contributed by atoms with Crippen LogP contribution >= 0.6 is 0 Å². The average molecular weight is 522 g/mol. The van der Waals surface area contributed by atoms with Crippen LogP contribution in [0.5, 0.6) is 5.75 Å². The number of rotatable bonds is 6. The number of hydrogen-bond acceptors (Lipinski definition) is 6. The van der Waals surface area contributed by atoms with Gasteiger partial charge in [-0.05, 0) is 66.2 Å². The zero-order chi connectivity index (χ0) is 27.5. The molecule has 2 N–H and O–H groups in total. The second kappa shape index (κ2) is 9.40. The monoisotopic (exact) mass is 522 g/mol. The van der Waals surface area contributed by atoms with Crippen molar-refractivity contribution in [2.75, 3.05) is 0 Å². The number of aryl methyl sites for hydroxylation is 1. The zero-order valence-electron chi connectivity index (χ0n) is 22.5. The first-order valence-electron chi connectivity index (χ1n) is 13.4. The summed E-state index contributed by atoms with van der Waals surface area (Å²) in [6.45, 7) is 11.6. The Balaban J connectivity index is 1.39. The minimum atomic E-state index is -1.49. The van der Waals surface area contributed by atoms with E-state index in [0.29, 0.717) is 29.9 Å². The van der Waals surface area contributed by atoms with E-state index in [1.807, 2.05) is 34.9 Å². The van der Waals surface area contributed by atoms with Gasteiger partial charge in [0.1, 0.15) is 19.0 Å². The molecule has 0 aliphatic carbocycles. The number of fused-ring (bicyclic) bond motifs is 5. The number of ether oxygens (including phenoxy) is 2. The molecule has 4 heterocycles. The maximum atomic E-state index is 13.7. The molecular formula is C31H31BN2O5. The molecule has 8 heteroatoms. The molecule has 2 aromatic heterocycles. The highest BCUT2D eigenvalue weighted by molar-refractivity contribution is 6.58. The van der Waals surface area contributed by atoms with Crippen molar-refractivity contribution in [3.8, 4) is 17.1 Å². The molecule has 0 amide bonds. The predicted molar refractivity (Wildman–Crippen MR) is 152 cm³/mol. The third-order valence-corrected chi connectivity index (χ3v) is 8.48. The van der Waals surface area contributed by atoms with E-state index in [1.165, 1.54) is 5.56 Å². The molecule has 2 aliphatic heterocycles. The van der Waals surface area contributed by atoms with E-state index in [2.05, 4.69) is 33.4 Å². The molecule has 0 bridgehead atoms. The number of aromatic nitrogens is 2. The fraction of sp³-hybridized carbons (Fsp3) is 0.290. The first kappa shape index (κ1) is 25.4. The van der Waals surface area contributed by atoms with E-state index >= 15 is 0 Å². The summed E-state index contributed by atoms with van der Waals surface area (Å²) in [4.78, 5) is 18.7. The Labute approximate surface area is 227 Å². The van der Waals surface area contributed by atoms with Gasteiger partial charge in [0.15, 0.2) is 0 Å². The first-order chi connectivity index (χ1) is 18.7. The molecule has 6 rings (SSSR count). The molecule has 2 aromatic carbocycles. The molecular weight excluding hydrogens is 491 g/mol. The smallest absolute Gasteiger partial charge is 0.488 e. The van der Waals surface area contributed by atoms with Crippen molar-refractivity contribution in [3.63, 3.8) is 0 Å². The Hall–Kier alpha value is -3.88. The summed E-state index contributed by atoms with van der Waals surface area (Å²) in [6.07, 6.45) is 1.58. The average Bonchev–Trinajstić information content (AvgIpc) is 3.31. The van der Waals surface area contributed by atoms with E-state index in [9.17, 15) is 14.8 Å². The lowest BCUT2D eigenvalue weighted by Gasteiger charge is -2.37. The second-order valence-corrected chi connectivity index (χ2v) is 10.6. The summed E-state index contributed by atoms with van der Waals surface area (Å²) in [7, 11) is -1.49. The van der Waals surface area contributed by atoms with E-state index < -0.39 is 12.5 Å². The van der Waals surface area contributed by atoms with Crippen molar-refractivity contribution in [2.24, 2.45) is 0 Å². The Morgan fingerprint density at radius 3 is 2.59 bits per heavy atom. The van der Waals surface area contributed by atoms with Crippen LogP contribution in [0.1, 0.15) is 55.0 Å². The highest BCUT2D eigenvalue weighted by Gasteiger charge is 2.39. The van der Waals surface area contributed by atoms with Crippen LogP contribution < -0.4 is 15.8 Å². The Bertz CT molecular complexity index is 1690. The number of benzene rings is 2. The quantitative estimate of drug-likeness (QED) is 0.328. The highest BCUT2D eigenvalue weighted by atomic mass is 16.5.